The summed E-state index contributed by atoms with van der Waals surface area (Å²) in [4.78, 5) is 4.25. The third kappa shape index (κ3) is 4.66. The molecule has 2 rings (SSSR count). The van der Waals surface area contributed by atoms with Gasteiger partial charge in [0, 0.05) is 32.1 Å². The van der Waals surface area contributed by atoms with Crippen molar-refractivity contribution in [3.63, 3.8) is 0 Å². The van der Waals surface area contributed by atoms with E-state index >= 15 is 0 Å². The zero-order valence-electron chi connectivity index (χ0n) is 12.8. The number of aromatic nitrogens is 2. The fourth-order valence-corrected chi connectivity index (χ4v) is 3.35. The van der Waals surface area contributed by atoms with Gasteiger partial charge in [-0.15, -0.1) is 0 Å². The van der Waals surface area contributed by atoms with Crippen LogP contribution in [-0.4, -0.2) is 31.6 Å². The molecule has 1 aromatic heterocycles. The second-order valence-electron chi connectivity index (χ2n) is 5.04. The Kier molecular flexibility index (Phi) is 5.70. The first-order valence-corrected chi connectivity index (χ1v) is 8.68. The molecular weight excluding hydrogens is 302 g/mol. The van der Waals surface area contributed by atoms with Crippen LogP contribution in [0.3, 0.4) is 0 Å². The van der Waals surface area contributed by atoms with E-state index in [0.717, 1.165) is 17.1 Å². The van der Waals surface area contributed by atoms with Crippen LogP contribution in [0.15, 0.2) is 36.5 Å². The van der Waals surface area contributed by atoms with E-state index in [1.54, 1.807) is 25.4 Å². The van der Waals surface area contributed by atoms with Gasteiger partial charge in [-0.1, -0.05) is 30.3 Å². The number of hydrogen-bond acceptors (Lipinski definition) is 4. The summed E-state index contributed by atoms with van der Waals surface area (Å²) in [6.07, 6.45) is 1.76. The first kappa shape index (κ1) is 16.7. The lowest BCUT2D eigenvalue weighted by atomic mass is 10.2. The molecule has 7 heteroatoms. The second kappa shape index (κ2) is 7.53. The van der Waals surface area contributed by atoms with Crippen LogP contribution in [0.4, 0.5) is 0 Å². The number of methoxy groups -OCH3 is 1. The Bertz CT molecular complexity index is 696. The highest BCUT2D eigenvalue weighted by molar-refractivity contribution is 7.88. The molecular formula is C15H21N3O3S. The molecule has 0 radical (unpaired) electrons. The van der Waals surface area contributed by atoms with Crippen LogP contribution in [-0.2, 0) is 33.7 Å². The lowest BCUT2D eigenvalue weighted by Crippen LogP contribution is -2.29. The van der Waals surface area contributed by atoms with E-state index in [0.29, 0.717) is 19.7 Å². The lowest BCUT2D eigenvalue weighted by Gasteiger charge is -2.11. The van der Waals surface area contributed by atoms with Crippen molar-refractivity contribution in [2.24, 2.45) is 0 Å². The number of sulfonamides is 1. The molecule has 22 heavy (non-hydrogen) atoms. The topological polar surface area (TPSA) is 73.2 Å². The fourth-order valence-electron chi connectivity index (χ4n) is 2.22. The van der Waals surface area contributed by atoms with Crippen molar-refractivity contribution in [1.82, 2.24) is 14.3 Å². The third-order valence-electron chi connectivity index (χ3n) is 3.27. The maximum Gasteiger partial charge on any atom is 0.215 e. The molecule has 0 aliphatic rings. The smallest absolute Gasteiger partial charge is 0.215 e. The molecule has 6 nitrogen and oxygen atoms in total. The minimum atomic E-state index is -3.34. The molecule has 0 saturated heterocycles. The van der Waals surface area contributed by atoms with E-state index in [-0.39, 0.29) is 5.75 Å². The minimum Gasteiger partial charge on any atom is -0.377 e. The average molecular weight is 323 g/mol. The molecule has 1 N–H and O–H groups in total. The number of nitrogens with zero attached hydrogens (tertiary/aromatic N) is 2. The van der Waals surface area contributed by atoms with Gasteiger partial charge in [-0.05, 0) is 12.5 Å². The molecule has 0 unspecified atom stereocenters. The first-order chi connectivity index (χ1) is 10.5. The third-order valence-corrected chi connectivity index (χ3v) is 4.63. The van der Waals surface area contributed by atoms with Gasteiger partial charge >= 0.3 is 0 Å². The van der Waals surface area contributed by atoms with Gasteiger partial charge in [-0.2, -0.15) is 0 Å². The Morgan fingerprint density at radius 1 is 1.27 bits per heavy atom. The number of rotatable bonds is 8. The highest BCUT2D eigenvalue weighted by atomic mass is 32.2. The molecule has 2 aromatic rings. The SMILES string of the molecule is COCc1ncc(C)n1CCNS(=O)(=O)Cc1ccccc1. The molecule has 0 aliphatic carbocycles. The highest BCUT2D eigenvalue weighted by Gasteiger charge is 2.12. The monoisotopic (exact) mass is 323 g/mol. The van der Waals surface area contributed by atoms with Crippen molar-refractivity contribution in [3.05, 3.63) is 53.6 Å². The highest BCUT2D eigenvalue weighted by Crippen LogP contribution is 2.06. The molecule has 0 aliphatic heterocycles. The van der Waals surface area contributed by atoms with Crippen molar-refractivity contribution in [3.8, 4) is 0 Å². The van der Waals surface area contributed by atoms with E-state index in [9.17, 15) is 8.42 Å². The van der Waals surface area contributed by atoms with Gasteiger partial charge in [0.1, 0.15) is 12.4 Å². The number of aryl methyl sites for hydroxylation is 1. The van der Waals surface area contributed by atoms with Gasteiger partial charge < -0.3 is 9.30 Å². The predicted octanol–water partition coefficient (Wildman–Crippen LogP) is 1.46. The Balaban J connectivity index is 1.92. The number of imidazole rings is 1. The summed E-state index contributed by atoms with van der Waals surface area (Å²) < 4.78 is 33.8. The van der Waals surface area contributed by atoms with Crippen LogP contribution in [0, 0.1) is 6.92 Å². The Labute approximate surface area is 131 Å². The maximum atomic E-state index is 12.1. The van der Waals surface area contributed by atoms with Gasteiger partial charge in [-0.25, -0.2) is 18.1 Å². The lowest BCUT2D eigenvalue weighted by molar-refractivity contribution is 0.174. The summed E-state index contributed by atoms with van der Waals surface area (Å²) in [6, 6.07) is 9.13. The van der Waals surface area contributed by atoms with Crippen molar-refractivity contribution >= 4 is 10.0 Å². The first-order valence-electron chi connectivity index (χ1n) is 7.03. The van der Waals surface area contributed by atoms with E-state index in [1.165, 1.54) is 0 Å². The predicted molar refractivity (Wildman–Crippen MR) is 84.7 cm³/mol. The summed E-state index contributed by atoms with van der Waals surface area (Å²) >= 11 is 0. The van der Waals surface area contributed by atoms with Crippen LogP contribution in [0.5, 0.6) is 0 Å². The second-order valence-corrected chi connectivity index (χ2v) is 6.85. The summed E-state index contributed by atoms with van der Waals surface area (Å²) in [5.41, 5.74) is 1.75. The molecule has 120 valence electrons. The van der Waals surface area contributed by atoms with E-state index in [1.807, 2.05) is 29.7 Å². The zero-order chi connectivity index (χ0) is 16.0. The van der Waals surface area contributed by atoms with Gasteiger partial charge in [-0.3, -0.25) is 0 Å². The van der Waals surface area contributed by atoms with Crippen LogP contribution < -0.4 is 4.72 Å². The summed E-state index contributed by atoms with van der Waals surface area (Å²) in [6.45, 7) is 3.19. The Morgan fingerprint density at radius 3 is 2.68 bits per heavy atom. The van der Waals surface area contributed by atoms with Crippen LogP contribution in [0.25, 0.3) is 0 Å². The quantitative estimate of drug-likeness (QED) is 0.798. The van der Waals surface area contributed by atoms with Crippen molar-refractivity contribution < 1.29 is 13.2 Å². The minimum absolute atomic E-state index is 0.0122. The number of nitrogens with one attached hydrogen (secondary N) is 1. The van der Waals surface area contributed by atoms with Crippen molar-refractivity contribution in [2.45, 2.75) is 25.8 Å². The summed E-state index contributed by atoms with van der Waals surface area (Å²) in [7, 11) is -1.73. The van der Waals surface area contributed by atoms with Crippen molar-refractivity contribution in [2.75, 3.05) is 13.7 Å². The van der Waals surface area contributed by atoms with Crippen LogP contribution in [0.2, 0.25) is 0 Å². The summed E-state index contributed by atoms with van der Waals surface area (Å²) in [5, 5.41) is 0. The van der Waals surface area contributed by atoms with Gasteiger partial charge in [0.05, 0.1) is 5.75 Å². The molecule has 0 spiro atoms. The van der Waals surface area contributed by atoms with Gasteiger partial charge in [0.2, 0.25) is 10.0 Å². The zero-order valence-corrected chi connectivity index (χ0v) is 13.6. The Morgan fingerprint density at radius 2 is 2.00 bits per heavy atom. The van der Waals surface area contributed by atoms with Gasteiger partial charge in [0.25, 0.3) is 0 Å². The molecule has 0 atom stereocenters. The standard InChI is InChI=1S/C15H21N3O3S/c1-13-10-16-15(11-21-2)18(13)9-8-17-22(19,20)12-14-6-4-3-5-7-14/h3-7,10,17H,8-9,11-12H2,1-2H3. The molecule has 1 aromatic carbocycles. The molecule has 1 heterocycles. The van der Waals surface area contributed by atoms with Crippen LogP contribution in [0.1, 0.15) is 17.1 Å². The molecule has 0 amide bonds. The van der Waals surface area contributed by atoms with Gasteiger partial charge in [0.15, 0.2) is 0 Å². The number of ether oxygens (including phenoxy) is 1. The number of benzene rings is 1. The molecule has 0 fully saturated rings. The normalized spacial score (nSPS) is 11.7. The van der Waals surface area contributed by atoms with Crippen LogP contribution >= 0.6 is 0 Å². The Hall–Kier alpha value is -1.70. The fraction of sp³-hybridized carbons (Fsp3) is 0.400. The molecule has 0 bridgehead atoms. The average Bonchev–Trinajstić information content (AvgIpc) is 2.81. The van der Waals surface area contributed by atoms with Crippen molar-refractivity contribution in [1.29, 1.82) is 0 Å². The van der Waals surface area contributed by atoms with E-state index in [4.69, 9.17) is 4.74 Å². The maximum absolute atomic E-state index is 12.1. The summed E-state index contributed by atoms with van der Waals surface area (Å²) in [5.74, 6) is 0.782. The van der Waals surface area contributed by atoms with E-state index in [2.05, 4.69) is 9.71 Å². The number of hydrogen-bond donors (Lipinski definition) is 1. The van der Waals surface area contributed by atoms with E-state index < -0.39 is 10.0 Å². The molecule has 0 saturated carbocycles. The largest absolute Gasteiger partial charge is 0.377 e.